The number of nitrogens with zero attached hydrogens (tertiary/aromatic N) is 2. The van der Waals surface area contributed by atoms with E-state index in [1.807, 2.05) is 19.1 Å². The van der Waals surface area contributed by atoms with Crippen molar-refractivity contribution in [2.75, 3.05) is 42.6 Å². The van der Waals surface area contributed by atoms with Crippen molar-refractivity contribution in [3.8, 4) is 5.75 Å². The maximum atomic E-state index is 12.9. The number of anilines is 2. The first-order valence-electron chi connectivity index (χ1n) is 11.1. The highest BCUT2D eigenvalue weighted by Crippen LogP contribution is 2.30. The SMILES string of the molecule is COc1ccc(S(=O)(=O)N2CCCC2)cc1NC(=O)CCCN(c1ccccc1C)S(C)(=O)=O. The molecule has 2 aromatic carbocycles. The Bertz CT molecular complexity index is 1240. The van der Waals surface area contributed by atoms with Crippen LogP contribution in [0.1, 0.15) is 31.2 Å². The molecule has 0 aromatic heterocycles. The summed E-state index contributed by atoms with van der Waals surface area (Å²) in [6.07, 6.45) is 3.11. The molecule has 0 bridgehead atoms. The molecule has 0 saturated carbocycles. The van der Waals surface area contributed by atoms with Gasteiger partial charge in [-0.1, -0.05) is 18.2 Å². The number of hydrogen-bond donors (Lipinski definition) is 1. The number of carbonyl (C=O) groups is 1. The molecule has 0 radical (unpaired) electrons. The fourth-order valence-corrected chi connectivity index (χ4v) is 6.49. The lowest BCUT2D eigenvalue weighted by Crippen LogP contribution is -2.32. The minimum absolute atomic E-state index is 0.0458. The van der Waals surface area contributed by atoms with E-state index in [0.29, 0.717) is 24.5 Å². The van der Waals surface area contributed by atoms with Crippen molar-refractivity contribution in [1.82, 2.24) is 4.31 Å². The first kappa shape index (κ1) is 26.0. The number of amides is 1. The number of methoxy groups -OCH3 is 1. The fourth-order valence-electron chi connectivity index (χ4n) is 3.93. The van der Waals surface area contributed by atoms with Crippen molar-refractivity contribution in [3.63, 3.8) is 0 Å². The highest BCUT2D eigenvalue weighted by Gasteiger charge is 2.28. The monoisotopic (exact) mass is 509 g/mol. The van der Waals surface area contributed by atoms with E-state index in [2.05, 4.69) is 5.32 Å². The molecule has 1 heterocycles. The zero-order valence-corrected chi connectivity index (χ0v) is 21.3. The van der Waals surface area contributed by atoms with E-state index in [4.69, 9.17) is 4.74 Å². The standard InChI is InChI=1S/C23H31N3O6S2/c1-18-9-4-5-10-21(18)26(33(3,28)29)16-8-11-23(27)24-20-17-19(12-13-22(20)32-2)34(30,31)25-14-6-7-15-25/h4-5,9-10,12-13,17H,6-8,11,14-16H2,1-3H3,(H,24,27). The van der Waals surface area contributed by atoms with Crippen LogP contribution in [0.25, 0.3) is 0 Å². The average molecular weight is 510 g/mol. The quantitative estimate of drug-likeness (QED) is 0.527. The molecule has 0 unspecified atom stereocenters. The highest BCUT2D eigenvalue weighted by molar-refractivity contribution is 7.92. The molecule has 34 heavy (non-hydrogen) atoms. The predicted octanol–water partition coefficient (Wildman–Crippen LogP) is 2.97. The van der Waals surface area contributed by atoms with Gasteiger partial charge in [0.15, 0.2) is 0 Å². The van der Waals surface area contributed by atoms with Gasteiger partial charge in [-0.25, -0.2) is 16.8 Å². The Hall–Kier alpha value is -2.63. The molecule has 1 amide bonds. The van der Waals surface area contributed by atoms with E-state index in [-0.39, 0.29) is 35.9 Å². The van der Waals surface area contributed by atoms with Crippen molar-refractivity contribution in [1.29, 1.82) is 0 Å². The topological polar surface area (TPSA) is 113 Å². The lowest BCUT2D eigenvalue weighted by Gasteiger charge is -2.24. The van der Waals surface area contributed by atoms with Crippen molar-refractivity contribution in [2.45, 2.75) is 37.5 Å². The molecule has 0 spiro atoms. The third kappa shape index (κ3) is 6.08. The Morgan fingerprint density at radius 3 is 2.38 bits per heavy atom. The molecule has 1 N–H and O–H groups in total. The highest BCUT2D eigenvalue weighted by atomic mass is 32.2. The van der Waals surface area contributed by atoms with Gasteiger partial charge in [0.2, 0.25) is 26.0 Å². The zero-order valence-electron chi connectivity index (χ0n) is 19.7. The number of benzene rings is 2. The van der Waals surface area contributed by atoms with E-state index >= 15 is 0 Å². The van der Waals surface area contributed by atoms with Gasteiger partial charge in [-0.2, -0.15) is 4.31 Å². The van der Waals surface area contributed by atoms with Crippen LogP contribution in [0.2, 0.25) is 0 Å². The molecule has 1 fully saturated rings. The molecule has 9 nitrogen and oxygen atoms in total. The number of para-hydroxylation sites is 1. The van der Waals surface area contributed by atoms with Gasteiger partial charge in [0.1, 0.15) is 5.75 Å². The van der Waals surface area contributed by atoms with Gasteiger partial charge >= 0.3 is 0 Å². The minimum Gasteiger partial charge on any atom is -0.495 e. The number of sulfonamides is 2. The Labute approximate surface area is 201 Å². The van der Waals surface area contributed by atoms with Crippen LogP contribution in [0.3, 0.4) is 0 Å². The molecule has 1 aliphatic heterocycles. The van der Waals surface area contributed by atoms with Crippen molar-refractivity contribution in [3.05, 3.63) is 48.0 Å². The largest absolute Gasteiger partial charge is 0.495 e. The third-order valence-electron chi connectivity index (χ3n) is 5.70. The zero-order chi connectivity index (χ0) is 24.9. The molecular formula is C23H31N3O6S2. The van der Waals surface area contributed by atoms with Gasteiger partial charge in [-0.3, -0.25) is 9.10 Å². The van der Waals surface area contributed by atoms with Crippen LogP contribution in [0, 0.1) is 6.92 Å². The summed E-state index contributed by atoms with van der Waals surface area (Å²) in [6, 6.07) is 11.5. The molecule has 2 aromatic rings. The van der Waals surface area contributed by atoms with E-state index in [9.17, 15) is 21.6 Å². The maximum Gasteiger partial charge on any atom is 0.243 e. The molecule has 0 atom stereocenters. The van der Waals surface area contributed by atoms with E-state index in [1.165, 1.54) is 33.9 Å². The first-order valence-corrected chi connectivity index (χ1v) is 14.3. The third-order valence-corrected chi connectivity index (χ3v) is 8.77. The summed E-state index contributed by atoms with van der Waals surface area (Å²) in [7, 11) is -5.74. The summed E-state index contributed by atoms with van der Waals surface area (Å²) in [5, 5.41) is 2.71. The minimum atomic E-state index is -3.65. The lowest BCUT2D eigenvalue weighted by atomic mass is 10.2. The molecule has 0 aliphatic carbocycles. The summed E-state index contributed by atoms with van der Waals surface area (Å²) in [5.41, 5.74) is 1.65. The van der Waals surface area contributed by atoms with Gasteiger partial charge in [-0.05, 0) is 56.0 Å². The lowest BCUT2D eigenvalue weighted by molar-refractivity contribution is -0.116. The predicted molar refractivity (Wildman–Crippen MR) is 132 cm³/mol. The average Bonchev–Trinajstić information content (AvgIpc) is 3.32. The summed E-state index contributed by atoms with van der Waals surface area (Å²) in [4.78, 5) is 12.7. The smallest absolute Gasteiger partial charge is 0.243 e. The summed E-state index contributed by atoms with van der Waals surface area (Å²) in [6.45, 7) is 2.93. The van der Waals surface area contributed by atoms with Crippen molar-refractivity contribution < 1.29 is 26.4 Å². The van der Waals surface area contributed by atoms with Gasteiger partial charge in [0, 0.05) is 26.1 Å². The molecule has 3 rings (SSSR count). The summed E-state index contributed by atoms with van der Waals surface area (Å²) >= 11 is 0. The van der Waals surface area contributed by atoms with Crippen LogP contribution in [0.4, 0.5) is 11.4 Å². The fraction of sp³-hybridized carbons (Fsp3) is 0.435. The second-order valence-corrected chi connectivity index (χ2v) is 12.1. The van der Waals surface area contributed by atoms with Crippen LogP contribution < -0.4 is 14.4 Å². The number of hydrogen-bond acceptors (Lipinski definition) is 6. The Morgan fingerprint density at radius 1 is 1.09 bits per heavy atom. The Balaban J connectivity index is 1.70. The van der Waals surface area contributed by atoms with Crippen LogP contribution in [0.5, 0.6) is 5.75 Å². The Kier molecular flexibility index (Phi) is 8.21. The number of carbonyl (C=O) groups excluding carboxylic acids is 1. The van der Waals surface area contributed by atoms with E-state index < -0.39 is 20.0 Å². The van der Waals surface area contributed by atoms with Crippen LogP contribution >= 0.6 is 0 Å². The summed E-state index contributed by atoms with van der Waals surface area (Å²) < 4.78 is 58.4. The van der Waals surface area contributed by atoms with Crippen molar-refractivity contribution >= 4 is 37.3 Å². The van der Waals surface area contributed by atoms with Crippen LogP contribution in [-0.4, -0.2) is 60.0 Å². The van der Waals surface area contributed by atoms with Gasteiger partial charge in [0.25, 0.3) is 0 Å². The van der Waals surface area contributed by atoms with Gasteiger partial charge in [-0.15, -0.1) is 0 Å². The number of rotatable bonds is 10. The molecule has 1 saturated heterocycles. The normalized spacial score (nSPS) is 14.7. The number of ether oxygens (including phenoxy) is 1. The van der Waals surface area contributed by atoms with Crippen LogP contribution in [0.15, 0.2) is 47.4 Å². The number of aryl methyl sites for hydroxylation is 1. The Morgan fingerprint density at radius 2 is 1.76 bits per heavy atom. The first-order chi connectivity index (χ1) is 16.0. The second-order valence-electron chi connectivity index (χ2n) is 8.25. The van der Waals surface area contributed by atoms with Gasteiger partial charge < -0.3 is 10.1 Å². The molecule has 186 valence electrons. The number of nitrogens with one attached hydrogen (secondary N) is 1. The molecule has 11 heteroatoms. The summed E-state index contributed by atoms with van der Waals surface area (Å²) in [5.74, 6) is -0.0290. The molecule has 1 aliphatic rings. The van der Waals surface area contributed by atoms with Crippen molar-refractivity contribution in [2.24, 2.45) is 0 Å². The maximum absolute atomic E-state index is 12.9. The van der Waals surface area contributed by atoms with E-state index in [1.54, 1.807) is 12.1 Å². The van der Waals surface area contributed by atoms with E-state index in [0.717, 1.165) is 24.7 Å². The second kappa shape index (κ2) is 10.7. The van der Waals surface area contributed by atoms with Crippen LogP contribution in [-0.2, 0) is 24.8 Å². The van der Waals surface area contributed by atoms with Gasteiger partial charge in [0.05, 0.1) is 29.6 Å². The molecular weight excluding hydrogens is 478 g/mol.